The summed E-state index contributed by atoms with van der Waals surface area (Å²) >= 11 is 0. The summed E-state index contributed by atoms with van der Waals surface area (Å²) in [5, 5.41) is 10.8. The Hall–Kier alpha value is -1.61. The van der Waals surface area contributed by atoms with E-state index in [0.717, 1.165) is 12.8 Å². The van der Waals surface area contributed by atoms with Crippen LogP contribution in [0.3, 0.4) is 0 Å². The predicted molar refractivity (Wildman–Crippen MR) is 64.4 cm³/mol. The van der Waals surface area contributed by atoms with E-state index in [4.69, 9.17) is 10.00 Å². The molecule has 0 aromatic carbocycles. The summed E-state index contributed by atoms with van der Waals surface area (Å²) in [5.41, 5.74) is 0. The molecule has 1 fully saturated rings. The van der Waals surface area contributed by atoms with Gasteiger partial charge in [-0.2, -0.15) is 5.26 Å². The van der Waals surface area contributed by atoms with Gasteiger partial charge in [0.2, 0.25) is 5.91 Å². The van der Waals surface area contributed by atoms with Gasteiger partial charge in [0, 0.05) is 0 Å². The second-order valence-electron chi connectivity index (χ2n) is 4.24. The van der Waals surface area contributed by atoms with Gasteiger partial charge in [0.1, 0.15) is 6.54 Å². The molecule has 0 aromatic rings. The summed E-state index contributed by atoms with van der Waals surface area (Å²) in [5.74, 6) is -0.319. The Bertz CT molecular complexity index is 330. The Morgan fingerprint density at radius 2 is 2.11 bits per heavy atom. The van der Waals surface area contributed by atoms with E-state index in [9.17, 15) is 9.59 Å². The van der Waals surface area contributed by atoms with E-state index in [0.29, 0.717) is 19.7 Å². The average Bonchev–Trinajstić information content (AvgIpc) is 2.37. The van der Waals surface area contributed by atoms with Crippen molar-refractivity contribution in [2.24, 2.45) is 5.92 Å². The SMILES string of the molecule is CCOC(=O)C1CCN(CC(=O)NCC#N)CC1. The molecule has 1 rings (SSSR count). The highest BCUT2D eigenvalue weighted by molar-refractivity contribution is 5.78. The molecule has 18 heavy (non-hydrogen) atoms. The number of esters is 1. The van der Waals surface area contributed by atoms with E-state index < -0.39 is 0 Å². The number of rotatable bonds is 5. The number of ether oxygens (including phenoxy) is 1. The van der Waals surface area contributed by atoms with Crippen LogP contribution in [0.15, 0.2) is 0 Å². The summed E-state index contributed by atoms with van der Waals surface area (Å²) in [6.45, 7) is 3.96. The minimum Gasteiger partial charge on any atom is -0.466 e. The van der Waals surface area contributed by atoms with Crippen molar-refractivity contribution >= 4 is 11.9 Å². The predicted octanol–water partition coefficient (Wildman–Crippen LogP) is -0.0987. The Morgan fingerprint density at radius 1 is 1.44 bits per heavy atom. The van der Waals surface area contributed by atoms with Gasteiger partial charge in [0.25, 0.3) is 0 Å². The van der Waals surface area contributed by atoms with E-state index in [-0.39, 0.29) is 30.9 Å². The minimum atomic E-state index is -0.147. The second-order valence-corrected chi connectivity index (χ2v) is 4.24. The summed E-state index contributed by atoms with van der Waals surface area (Å²) in [4.78, 5) is 24.9. The number of nitrogens with one attached hydrogen (secondary N) is 1. The van der Waals surface area contributed by atoms with Gasteiger partial charge in [-0.05, 0) is 32.9 Å². The first-order valence-corrected chi connectivity index (χ1v) is 6.20. The van der Waals surface area contributed by atoms with Crippen molar-refractivity contribution in [1.82, 2.24) is 10.2 Å². The summed E-state index contributed by atoms with van der Waals surface area (Å²) in [6.07, 6.45) is 1.45. The summed E-state index contributed by atoms with van der Waals surface area (Å²) in [6, 6.07) is 1.86. The Kier molecular flexibility index (Phi) is 6.15. The fourth-order valence-electron chi connectivity index (χ4n) is 1.98. The molecule has 100 valence electrons. The molecular weight excluding hydrogens is 234 g/mol. The van der Waals surface area contributed by atoms with E-state index in [1.165, 1.54) is 0 Å². The molecule has 0 aromatic heterocycles. The molecule has 6 nitrogen and oxygen atoms in total. The zero-order valence-electron chi connectivity index (χ0n) is 10.6. The molecule has 1 aliphatic rings. The van der Waals surface area contributed by atoms with E-state index in [1.54, 1.807) is 6.92 Å². The van der Waals surface area contributed by atoms with Crippen LogP contribution in [-0.2, 0) is 14.3 Å². The maximum Gasteiger partial charge on any atom is 0.309 e. The van der Waals surface area contributed by atoms with Crippen molar-refractivity contribution < 1.29 is 14.3 Å². The molecular formula is C12H19N3O3. The van der Waals surface area contributed by atoms with Crippen LogP contribution in [0.5, 0.6) is 0 Å². The topological polar surface area (TPSA) is 82.4 Å². The van der Waals surface area contributed by atoms with Crippen LogP contribution in [0.1, 0.15) is 19.8 Å². The van der Waals surface area contributed by atoms with Crippen LogP contribution in [0.4, 0.5) is 0 Å². The normalized spacial score (nSPS) is 16.9. The molecule has 0 atom stereocenters. The van der Waals surface area contributed by atoms with Gasteiger partial charge in [-0.25, -0.2) is 0 Å². The Morgan fingerprint density at radius 3 is 2.67 bits per heavy atom. The van der Waals surface area contributed by atoms with Crippen LogP contribution in [0.2, 0.25) is 0 Å². The average molecular weight is 253 g/mol. The number of carbonyl (C=O) groups is 2. The van der Waals surface area contributed by atoms with E-state index in [1.807, 2.05) is 11.0 Å². The molecule has 0 spiro atoms. The van der Waals surface area contributed by atoms with Crippen LogP contribution < -0.4 is 5.32 Å². The number of hydrogen-bond donors (Lipinski definition) is 1. The fourth-order valence-corrected chi connectivity index (χ4v) is 1.98. The third-order valence-corrected chi connectivity index (χ3v) is 2.94. The van der Waals surface area contributed by atoms with Crippen molar-refractivity contribution in [3.05, 3.63) is 0 Å². The lowest BCUT2D eigenvalue weighted by atomic mass is 9.97. The number of likely N-dealkylation sites (tertiary alicyclic amines) is 1. The lowest BCUT2D eigenvalue weighted by Crippen LogP contribution is -2.43. The van der Waals surface area contributed by atoms with Gasteiger partial charge in [-0.3, -0.25) is 14.5 Å². The van der Waals surface area contributed by atoms with E-state index >= 15 is 0 Å². The number of piperidine rings is 1. The molecule has 0 bridgehead atoms. The molecule has 0 radical (unpaired) electrons. The van der Waals surface area contributed by atoms with Crippen LogP contribution in [0, 0.1) is 17.2 Å². The number of carbonyl (C=O) groups excluding carboxylic acids is 2. The quantitative estimate of drug-likeness (QED) is 0.546. The first-order chi connectivity index (χ1) is 8.67. The van der Waals surface area contributed by atoms with Crippen LogP contribution in [-0.4, -0.2) is 49.6 Å². The van der Waals surface area contributed by atoms with Crippen molar-refractivity contribution in [3.8, 4) is 6.07 Å². The highest BCUT2D eigenvalue weighted by Crippen LogP contribution is 2.18. The van der Waals surface area contributed by atoms with Gasteiger partial charge in [-0.15, -0.1) is 0 Å². The zero-order valence-corrected chi connectivity index (χ0v) is 10.6. The van der Waals surface area contributed by atoms with Crippen LogP contribution in [0.25, 0.3) is 0 Å². The first-order valence-electron chi connectivity index (χ1n) is 6.20. The zero-order chi connectivity index (χ0) is 13.4. The van der Waals surface area contributed by atoms with Crippen molar-refractivity contribution in [2.45, 2.75) is 19.8 Å². The highest BCUT2D eigenvalue weighted by Gasteiger charge is 2.26. The smallest absolute Gasteiger partial charge is 0.309 e. The van der Waals surface area contributed by atoms with Crippen molar-refractivity contribution in [2.75, 3.05) is 32.8 Å². The molecule has 1 saturated heterocycles. The van der Waals surface area contributed by atoms with Gasteiger partial charge >= 0.3 is 5.97 Å². The van der Waals surface area contributed by atoms with Gasteiger partial charge in [-0.1, -0.05) is 0 Å². The largest absolute Gasteiger partial charge is 0.466 e. The maximum absolute atomic E-state index is 11.5. The van der Waals surface area contributed by atoms with E-state index in [2.05, 4.69) is 5.32 Å². The molecule has 0 unspecified atom stereocenters. The molecule has 1 aliphatic heterocycles. The number of amides is 1. The lowest BCUT2D eigenvalue weighted by molar-refractivity contribution is -0.149. The standard InChI is InChI=1S/C12H19N3O3/c1-2-18-12(17)10-3-7-15(8-4-10)9-11(16)14-6-5-13/h10H,2-4,6-9H2,1H3,(H,14,16). The van der Waals surface area contributed by atoms with Crippen molar-refractivity contribution in [3.63, 3.8) is 0 Å². The van der Waals surface area contributed by atoms with Crippen molar-refractivity contribution in [1.29, 1.82) is 5.26 Å². The molecule has 1 N–H and O–H groups in total. The number of hydrogen-bond acceptors (Lipinski definition) is 5. The molecule has 0 saturated carbocycles. The summed E-state index contributed by atoms with van der Waals surface area (Å²) < 4.78 is 4.98. The Balaban J connectivity index is 2.25. The molecule has 1 amide bonds. The summed E-state index contributed by atoms with van der Waals surface area (Å²) in [7, 11) is 0. The highest BCUT2D eigenvalue weighted by atomic mass is 16.5. The molecule has 6 heteroatoms. The van der Waals surface area contributed by atoms with Gasteiger partial charge < -0.3 is 10.1 Å². The monoisotopic (exact) mass is 253 g/mol. The first kappa shape index (κ1) is 14.5. The lowest BCUT2D eigenvalue weighted by Gasteiger charge is -2.30. The Labute approximate surface area is 107 Å². The molecule has 1 heterocycles. The fraction of sp³-hybridized carbons (Fsp3) is 0.750. The second kappa shape index (κ2) is 7.67. The number of nitriles is 1. The van der Waals surface area contributed by atoms with Gasteiger partial charge in [0.05, 0.1) is 25.1 Å². The third-order valence-electron chi connectivity index (χ3n) is 2.94. The van der Waals surface area contributed by atoms with Crippen LogP contribution >= 0.6 is 0 Å². The van der Waals surface area contributed by atoms with Gasteiger partial charge in [0.15, 0.2) is 0 Å². The maximum atomic E-state index is 11.5. The number of nitrogens with zero attached hydrogens (tertiary/aromatic N) is 2. The molecule has 0 aliphatic carbocycles. The minimum absolute atomic E-state index is 0.0385. The third kappa shape index (κ3) is 4.72.